The van der Waals surface area contributed by atoms with E-state index in [0.29, 0.717) is 17.3 Å². The van der Waals surface area contributed by atoms with E-state index in [1.807, 2.05) is 39.8 Å². The van der Waals surface area contributed by atoms with Crippen LogP contribution in [-0.2, 0) is 9.59 Å². The van der Waals surface area contributed by atoms with Crippen LogP contribution in [0.5, 0.6) is 0 Å². The van der Waals surface area contributed by atoms with Gasteiger partial charge >= 0.3 is 11.8 Å². The zero-order valence-corrected chi connectivity index (χ0v) is 14.5. The highest BCUT2D eigenvalue weighted by molar-refractivity contribution is 6.39. The Morgan fingerprint density at radius 3 is 2.41 bits per heavy atom. The molecule has 0 aliphatic carbocycles. The molecule has 0 bridgehead atoms. The van der Waals surface area contributed by atoms with Crippen molar-refractivity contribution >= 4 is 29.1 Å². The molecule has 0 aliphatic heterocycles. The Morgan fingerprint density at radius 1 is 1.23 bits per heavy atom. The molecule has 0 saturated carbocycles. The van der Waals surface area contributed by atoms with Gasteiger partial charge < -0.3 is 15.5 Å². The van der Waals surface area contributed by atoms with Gasteiger partial charge in [-0.25, -0.2) is 0 Å². The van der Waals surface area contributed by atoms with E-state index in [2.05, 4.69) is 10.6 Å². The first-order valence-corrected chi connectivity index (χ1v) is 7.48. The third kappa shape index (κ3) is 6.03. The molecule has 0 atom stereocenters. The Hall–Kier alpha value is -1.59. The number of anilines is 1. The average molecular weight is 326 g/mol. The van der Waals surface area contributed by atoms with Crippen molar-refractivity contribution in [3.8, 4) is 0 Å². The van der Waals surface area contributed by atoms with Gasteiger partial charge in [-0.15, -0.1) is 0 Å². The van der Waals surface area contributed by atoms with Crippen LogP contribution in [0, 0.1) is 12.3 Å². The van der Waals surface area contributed by atoms with Crippen molar-refractivity contribution in [2.75, 3.05) is 32.5 Å². The fourth-order valence-electron chi connectivity index (χ4n) is 2.26. The number of rotatable bonds is 5. The van der Waals surface area contributed by atoms with Crippen LogP contribution in [-0.4, -0.2) is 43.9 Å². The predicted molar refractivity (Wildman–Crippen MR) is 90.2 cm³/mol. The van der Waals surface area contributed by atoms with E-state index >= 15 is 0 Å². The number of aryl methyl sites for hydroxylation is 1. The van der Waals surface area contributed by atoms with E-state index in [1.165, 1.54) is 0 Å². The minimum absolute atomic E-state index is 0.115. The van der Waals surface area contributed by atoms with E-state index in [4.69, 9.17) is 11.6 Å². The number of nitrogens with one attached hydrogen (secondary N) is 2. The molecule has 2 N–H and O–H groups in total. The molecule has 0 aliphatic rings. The quantitative estimate of drug-likeness (QED) is 0.817. The maximum Gasteiger partial charge on any atom is 0.313 e. The molecule has 0 spiro atoms. The average Bonchev–Trinajstić information content (AvgIpc) is 2.37. The summed E-state index contributed by atoms with van der Waals surface area (Å²) in [4.78, 5) is 25.9. The smallest absolute Gasteiger partial charge is 0.313 e. The van der Waals surface area contributed by atoms with Crippen molar-refractivity contribution in [3.63, 3.8) is 0 Å². The fourth-order valence-corrected chi connectivity index (χ4v) is 2.48. The molecule has 0 aromatic heterocycles. The van der Waals surface area contributed by atoms with E-state index in [0.717, 1.165) is 12.1 Å². The summed E-state index contributed by atoms with van der Waals surface area (Å²) < 4.78 is 0. The summed E-state index contributed by atoms with van der Waals surface area (Å²) in [5, 5.41) is 5.86. The van der Waals surface area contributed by atoms with Crippen molar-refractivity contribution < 1.29 is 9.59 Å². The molecule has 0 saturated heterocycles. The van der Waals surface area contributed by atoms with Crippen molar-refractivity contribution in [3.05, 3.63) is 28.8 Å². The summed E-state index contributed by atoms with van der Waals surface area (Å²) in [7, 11) is 3.94. The largest absolute Gasteiger partial charge is 0.347 e. The lowest BCUT2D eigenvalue weighted by atomic mass is 9.93. The number of hydrogen-bond donors (Lipinski definition) is 2. The van der Waals surface area contributed by atoms with Gasteiger partial charge in [0.2, 0.25) is 0 Å². The summed E-state index contributed by atoms with van der Waals surface area (Å²) in [6, 6.07) is 5.08. The number of benzene rings is 1. The molecule has 0 unspecified atom stereocenters. The van der Waals surface area contributed by atoms with Crippen LogP contribution in [0.1, 0.15) is 19.4 Å². The number of nitrogens with zero attached hydrogens (tertiary/aromatic N) is 1. The van der Waals surface area contributed by atoms with Crippen LogP contribution in [0.3, 0.4) is 0 Å². The van der Waals surface area contributed by atoms with Crippen LogP contribution in [0.15, 0.2) is 18.2 Å². The second-order valence-electron chi connectivity index (χ2n) is 6.50. The number of carbonyl (C=O) groups is 2. The highest BCUT2D eigenvalue weighted by atomic mass is 35.5. The summed E-state index contributed by atoms with van der Waals surface area (Å²) in [5.41, 5.74) is 1.27. The van der Waals surface area contributed by atoms with Crippen molar-refractivity contribution in [2.24, 2.45) is 5.41 Å². The van der Waals surface area contributed by atoms with Crippen LogP contribution >= 0.6 is 11.6 Å². The highest BCUT2D eigenvalue weighted by Gasteiger charge is 2.22. The molecular formula is C16H24ClN3O2. The topological polar surface area (TPSA) is 61.4 Å². The van der Waals surface area contributed by atoms with Gasteiger partial charge in [0, 0.05) is 23.8 Å². The van der Waals surface area contributed by atoms with Gasteiger partial charge in [-0.3, -0.25) is 9.59 Å². The fraction of sp³-hybridized carbons (Fsp3) is 0.500. The van der Waals surface area contributed by atoms with Gasteiger partial charge in [-0.05, 0) is 50.2 Å². The Morgan fingerprint density at radius 2 is 1.86 bits per heavy atom. The lowest BCUT2D eigenvalue weighted by molar-refractivity contribution is -0.136. The molecule has 122 valence electrons. The number of hydrogen-bond acceptors (Lipinski definition) is 3. The summed E-state index contributed by atoms with van der Waals surface area (Å²) in [5.74, 6) is -1.31. The Balaban J connectivity index is 2.57. The molecule has 22 heavy (non-hydrogen) atoms. The molecule has 0 heterocycles. The van der Waals surface area contributed by atoms with Gasteiger partial charge in [-0.2, -0.15) is 0 Å². The van der Waals surface area contributed by atoms with Gasteiger partial charge in [0.15, 0.2) is 0 Å². The monoisotopic (exact) mass is 325 g/mol. The first-order chi connectivity index (χ1) is 10.1. The van der Waals surface area contributed by atoms with Crippen molar-refractivity contribution in [1.82, 2.24) is 10.2 Å². The molecule has 1 aromatic carbocycles. The summed E-state index contributed by atoms with van der Waals surface area (Å²) in [6.45, 7) is 7.13. The Labute approximate surface area is 137 Å². The summed E-state index contributed by atoms with van der Waals surface area (Å²) >= 11 is 5.86. The zero-order valence-electron chi connectivity index (χ0n) is 13.8. The van der Waals surface area contributed by atoms with E-state index in [1.54, 1.807) is 18.2 Å². The lowest BCUT2D eigenvalue weighted by Gasteiger charge is -2.28. The first kappa shape index (κ1) is 18.5. The SMILES string of the molecule is Cc1cc(Cl)ccc1NC(=O)C(=O)NCC(C)(C)CN(C)C. The zero-order chi connectivity index (χ0) is 16.9. The summed E-state index contributed by atoms with van der Waals surface area (Å²) in [6.07, 6.45) is 0. The van der Waals surface area contributed by atoms with Gasteiger partial charge in [0.25, 0.3) is 0 Å². The number of amides is 2. The second kappa shape index (κ2) is 7.61. The molecule has 0 radical (unpaired) electrons. The van der Waals surface area contributed by atoms with Gasteiger partial charge in [0.1, 0.15) is 0 Å². The second-order valence-corrected chi connectivity index (χ2v) is 6.93. The maximum absolute atomic E-state index is 11.9. The number of carbonyl (C=O) groups excluding carboxylic acids is 2. The van der Waals surface area contributed by atoms with E-state index in [-0.39, 0.29) is 5.41 Å². The lowest BCUT2D eigenvalue weighted by Crippen LogP contribution is -2.43. The standard InChI is InChI=1S/C16H24ClN3O2/c1-11-8-12(17)6-7-13(11)19-15(22)14(21)18-9-16(2,3)10-20(4)5/h6-8H,9-10H2,1-5H3,(H,18,21)(H,19,22). The minimum Gasteiger partial charge on any atom is -0.347 e. The molecule has 0 fully saturated rings. The van der Waals surface area contributed by atoms with E-state index < -0.39 is 11.8 Å². The molecular weight excluding hydrogens is 302 g/mol. The predicted octanol–water partition coefficient (Wildman–Crippen LogP) is 2.29. The molecule has 1 rings (SSSR count). The van der Waals surface area contributed by atoms with Crippen LogP contribution < -0.4 is 10.6 Å². The number of halogens is 1. The van der Waals surface area contributed by atoms with Crippen LogP contribution in [0.2, 0.25) is 5.02 Å². The van der Waals surface area contributed by atoms with Crippen molar-refractivity contribution in [2.45, 2.75) is 20.8 Å². The maximum atomic E-state index is 11.9. The first-order valence-electron chi connectivity index (χ1n) is 7.11. The van der Waals surface area contributed by atoms with Gasteiger partial charge in [-0.1, -0.05) is 25.4 Å². The normalized spacial score (nSPS) is 11.4. The molecule has 2 amide bonds. The molecule has 5 nitrogen and oxygen atoms in total. The van der Waals surface area contributed by atoms with E-state index in [9.17, 15) is 9.59 Å². The minimum atomic E-state index is -0.675. The van der Waals surface area contributed by atoms with Crippen LogP contribution in [0.4, 0.5) is 5.69 Å². The third-order valence-electron chi connectivity index (χ3n) is 3.11. The highest BCUT2D eigenvalue weighted by Crippen LogP contribution is 2.19. The Bertz CT molecular complexity index is 556. The molecule has 6 heteroatoms. The van der Waals surface area contributed by atoms with Gasteiger partial charge in [0.05, 0.1) is 0 Å². The molecule has 1 aromatic rings. The third-order valence-corrected chi connectivity index (χ3v) is 3.35. The van der Waals surface area contributed by atoms with Crippen molar-refractivity contribution in [1.29, 1.82) is 0 Å². The van der Waals surface area contributed by atoms with Crippen LogP contribution in [0.25, 0.3) is 0 Å². The Kier molecular flexibility index (Phi) is 6.38.